The molecule has 6 heteroatoms. The Balaban J connectivity index is 2.01. The second kappa shape index (κ2) is 5.84. The van der Waals surface area contributed by atoms with Crippen LogP contribution >= 0.6 is 11.6 Å². The minimum absolute atomic E-state index is 0.227. The van der Waals surface area contributed by atoms with Crippen molar-refractivity contribution in [2.75, 3.05) is 0 Å². The minimum Gasteiger partial charge on any atom is -0.484 e. The predicted octanol–water partition coefficient (Wildman–Crippen LogP) is 2.32. The van der Waals surface area contributed by atoms with Gasteiger partial charge in [0.1, 0.15) is 5.75 Å². The molecule has 0 radical (unpaired) electrons. The van der Waals surface area contributed by atoms with Gasteiger partial charge in [-0.1, -0.05) is 29.7 Å². The van der Waals surface area contributed by atoms with E-state index in [1.807, 2.05) is 13.0 Å². The van der Waals surface area contributed by atoms with Crippen molar-refractivity contribution in [1.29, 1.82) is 0 Å². The lowest BCUT2D eigenvalue weighted by molar-refractivity contribution is 0.285. The zero-order valence-electron chi connectivity index (χ0n) is 10.0. The number of nitrogens with zero attached hydrogens (tertiary/aromatic N) is 2. The number of hydrogen-bond donors (Lipinski definition) is 1. The normalized spacial score (nSPS) is 10.6. The molecule has 0 bridgehead atoms. The molecule has 0 saturated heterocycles. The monoisotopic (exact) mass is 267 g/mol. The highest BCUT2D eigenvalue weighted by Crippen LogP contribution is 2.25. The molecule has 0 aliphatic heterocycles. The molecule has 96 valence electrons. The largest absolute Gasteiger partial charge is 0.484 e. The Kier molecular flexibility index (Phi) is 4.17. The quantitative estimate of drug-likeness (QED) is 0.900. The first kappa shape index (κ1) is 12.9. The van der Waals surface area contributed by atoms with Gasteiger partial charge in [-0.2, -0.15) is 4.98 Å². The summed E-state index contributed by atoms with van der Waals surface area (Å²) in [5, 5.41) is 4.32. The fourth-order valence-electron chi connectivity index (χ4n) is 1.42. The molecule has 2 rings (SSSR count). The van der Waals surface area contributed by atoms with Crippen molar-refractivity contribution in [2.24, 2.45) is 5.73 Å². The molecule has 2 N–H and O–H groups in total. The molecule has 0 spiro atoms. The van der Waals surface area contributed by atoms with Crippen LogP contribution in [0.5, 0.6) is 5.75 Å². The highest BCUT2D eigenvalue weighted by atomic mass is 35.5. The molecule has 0 aliphatic carbocycles. The topological polar surface area (TPSA) is 74.2 Å². The van der Waals surface area contributed by atoms with Crippen LogP contribution < -0.4 is 10.5 Å². The molecule has 5 nitrogen and oxygen atoms in total. The van der Waals surface area contributed by atoms with E-state index >= 15 is 0 Å². The van der Waals surface area contributed by atoms with Gasteiger partial charge in [0.2, 0.25) is 11.7 Å². The van der Waals surface area contributed by atoms with Crippen molar-refractivity contribution in [3.63, 3.8) is 0 Å². The molecule has 1 aromatic carbocycles. The lowest BCUT2D eigenvalue weighted by Crippen LogP contribution is -2.00. The first-order valence-corrected chi connectivity index (χ1v) is 6.03. The van der Waals surface area contributed by atoms with E-state index in [0.29, 0.717) is 35.5 Å². The first-order valence-electron chi connectivity index (χ1n) is 5.65. The van der Waals surface area contributed by atoms with Crippen molar-refractivity contribution in [2.45, 2.75) is 26.5 Å². The van der Waals surface area contributed by atoms with E-state index in [1.165, 1.54) is 0 Å². The number of halogens is 1. The standard InChI is InChI=1S/C12H14ClN3O2/c1-2-12-15-11(16-18-12)7-17-10-4-3-8(6-14)5-9(10)13/h3-5H,2,6-7,14H2,1H3. The molecule has 0 atom stereocenters. The number of rotatable bonds is 5. The van der Waals surface area contributed by atoms with Crippen LogP contribution in [0, 0.1) is 0 Å². The summed E-state index contributed by atoms with van der Waals surface area (Å²) in [6, 6.07) is 5.44. The number of benzene rings is 1. The third-order valence-electron chi connectivity index (χ3n) is 2.40. The van der Waals surface area contributed by atoms with E-state index in [9.17, 15) is 0 Å². The average molecular weight is 268 g/mol. The molecular weight excluding hydrogens is 254 g/mol. The Morgan fingerprint density at radius 3 is 2.89 bits per heavy atom. The third kappa shape index (κ3) is 3.00. The lowest BCUT2D eigenvalue weighted by atomic mass is 10.2. The fraction of sp³-hybridized carbons (Fsp3) is 0.333. The van der Waals surface area contributed by atoms with Gasteiger partial charge in [-0.25, -0.2) is 0 Å². The van der Waals surface area contributed by atoms with Gasteiger partial charge in [0.25, 0.3) is 0 Å². The van der Waals surface area contributed by atoms with Crippen LogP contribution in [0.2, 0.25) is 5.02 Å². The SMILES string of the molecule is CCc1nc(COc2ccc(CN)cc2Cl)no1. The van der Waals surface area contributed by atoms with E-state index in [1.54, 1.807) is 12.1 Å². The summed E-state index contributed by atoms with van der Waals surface area (Å²) in [7, 11) is 0. The van der Waals surface area contributed by atoms with E-state index in [0.717, 1.165) is 5.56 Å². The minimum atomic E-state index is 0.227. The summed E-state index contributed by atoms with van der Waals surface area (Å²) >= 11 is 6.06. The highest BCUT2D eigenvalue weighted by molar-refractivity contribution is 6.32. The Morgan fingerprint density at radius 2 is 2.28 bits per heavy atom. The van der Waals surface area contributed by atoms with Gasteiger partial charge < -0.3 is 15.0 Å². The van der Waals surface area contributed by atoms with Gasteiger partial charge >= 0.3 is 0 Å². The van der Waals surface area contributed by atoms with Crippen LogP contribution in [-0.4, -0.2) is 10.1 Å². The summed E-state index contributed by atoms with van der Waals surface area (Å²) in [6.07, 6.45) is 0.707. The van der Waals surface area contributed by atoms with Crippen molar-refractivity contribution in [1.82, 2.24) is 10.1 Å². The molecular formula is C12H14ClN3O2. The lowest BCUT2D eigenvalue weighted by Gasteiger charge is -2.06. The molecule has 2 aromatic rings. The van der Waals surface area contributed by atoms with Gasteiger partial charge in [0.05, 0.1) is 5.02 Å². The van der Waals surface area contributed by atoms with E-state index in [-0.39, 0.29) is 6.61 Å². The Labute approximate surface area is 110 Å². The van der Waals surface area contributed by atoms with Crippen molar-refractivity contribution in [3.05, 3.63) is 40.5 Å². The van der Waals surface area contributed by atoms with E-state index in [4.69, 9.17) is 26.6 Å². The van der Waals surface area contributed by atoms with Crippen LogP contribution in [0.15, 0.2) is 22.7 Å². The third-order valence-corrected chi connectivity index (χ3v) is 2.70. The maximum Gasteiger partial charge on any atom is 0.226 e. The van der Waals surface area contributed by atoms with Gasteiger partial charge in [-0.05, 0) is 17.7 Å². The number of aryl methyl sites for hydroxylation is 1. The van der Waals surface area contributed by atoms with Crippen molar-refractivity contribution in [3.8, 4) is 5.75 Å². The summed E-state index contributed by atoms with van der Waals surface area (Å²) in [4.78, 5) is 4.14. The summed E-state index contributed by atoms with van der Waals surface area (Å²) in [5.74, 6) is 1.68. The van der Waals surface area contributed by atoms with Gasteiger partial charge in [-0.15, -0.1) is 0 Å². The zero-order chi connectivity index (χ0) is 13.0. The smallest absolute Gasteiger partial charge is 0.226 e. The van der Waals surface area contributed by atoms with E-state index in [2.05, 4.69) is 10.1 Å². The van der Waals surface area contributed by atoms with Gasteiger partial charge in [0.15, 0.2) is 6.61 Å². The molecule has 1 aromatic heterocycles. The molecule has 0 saturated carbocycles. The van der Waals surface area contributed by atoms with Gasteiger partial charge in [-0.3, -0.25) is 0 Å². The molecule has 0 aliphatic rings. The molecule has 0 unspecified atom stereocenters. The van der Waals surface area contributed by atoms with Gasteiger partial charge in [0, 0.05) is 13.0 Å². The van der Waals surface area contributed by atoms with Crippen LogP contribution in [0.1, 0.15) is 24.2 Å². The Morgan fingerprint density at radius 1 is 1.44 bits per heavy atom. The van der Waals surface area contributed by atoms with Crippen molar-refractivity contribution >= 4 is 11.6 Å². The fourth-order valence-corrected chi connectivity index (χ4v) is 1.68. The molecule has 18 heavy (non-hydrogen) atoms. The maximum absolute atomic E-state index is 6.06. The number of hydrogen-bond acceptors (Lipinski definition) is 5. The summed E-state index contributed by atoms with van der Waals surface area (Å²) in [5.41, 5.74) is 6.48. The molecule has 1 heterocycles. The average Bonchev–Trinajstić information content (AvgIpc) is 2.85. The predicted molar refractivity (Wildman–Crippen MR) is 67.4 cm³/mol. The van der Waals surface area contributed by atoms with Crippen LogP contribution in [0.4, 0.5) is 0 Å². The zero-order valence-corrected chi connectivity index (χ0v) is 10.8. The Bertz CT molecular complexity index is 528. The second-order valence-corrected chi connectivity index (χ2v) is 4.12. The molecule has 0 fully saturated rings. The van der Waals surface area contributed by atoms with E-state index < -0.39 is 0 Å². The van der Waals surface area contributed by atoms with Crippen LogP contribution in [0.25, 0.3) is 0 Å². The van der Waals surface area contributed by atoms with Crippen LogP contribution in [-0.2, 0) is 19.6 Å². The maximum atomic E-state index is 6.06. The Hall–Kier alpha value is -1.59. The highest BCUT2D eigenvalue weighted by Gasteiger charge is 2.07. The second-order valence-electron chi connectivity index (χ2n) is 3.72. The van der Waals surface area contributed by atoms with Crippen molar-refractivity contribution < 1.29 is 9.26 Å². The number of nitrogens with two attached hydrogens (primary N) is 1. The first-order chi connectivity index (χ1) is 8.72. The van der Waals surface area contributed by atoms with Crippen LogP contribution in [0.3, 0.4) is 0 Å². The number of ether oxygens (including phenoxy) is 1. The summed E-state index contributed by atoms with van der Waals surface area (Å²) in [6.45, 7) is 2.62. The summed E-state index contributed by atoms with van der Waals surface area (Å²) < 4.78 is 10.5. The molecule has 0 amide bonds. The number of aromatic nitrogens is 2.